The Labute approximate surface area is 153 Å². The molecule has 140 valence electrons. The number of benzene rings is 2. The number of nitriles is 1. The van der Waals surface area contributed by atoms with Gasteiger partial charge in [-0.3, -0.25) is 4.79 Å². The van der Waals surface area contributed by atoms with Crippen LogP contribution in [0.15, 0.2) is 60.3 Å². The summed E-state index contributed by atoms with van der Waals surface area (Å²) in [5.41, 5.74) is -0.391. The Kier molecular flexibility index (Phi) is 6.55. The van der Waals surface area contributed by atoms with E-state index in [1.807, 2.05) is 0 Å². The quantitative estimate of drug-likeness (QED) is 0.346. The smallest absolute Gasteiger partial charge is 0.389 e. The van der Waals surface area contributed by atoms with Crippen LogP contribution < -0.4 is 10.6 Å². The molecule has 0 bridgehead atoms. The van der Waals surface area contributed by atoms with Gasteiger partial charge in [0.1, 0.15) is 17.5 Å². The first-order chi connectivity index (χ1) is 12.8. The number of halogens is 4. The molecule has 27 heavy (non-hydrogen) atoms. The van der Waals surface area contributed by atoms with Crippen molar-refractivity contribution in [2.75, 3.05) is 11.9 Å². The van der Waals surface area contributed by atoms with Gasteiger partial charge in [0, 0.05) is 18.4 Å². The van der Waals surface area contributed by atoms with Gasteiger partial charge in [-0.25, -0.2) is 4.39 Å². The molecule has 0 aromatic heterocycles. The molecule has 2 N–H and O–H groups in total. The molecule has 1 amide bonds. The fourth-order valence-corrected chi connectivity index (χ4v) is 2.16. The van der Waals surface area contributed by atoms with E-state index in [0.717, 1.165) is 23.8 Å². The van der Waals surface area contributed by atoms with Crippen LogP contribution in [0.3, 0.4) is 0 Å². The second-order valence-corrected chi connectivity index (χ2v) is 5.53. The van der Waals surface area contributed by atoms with E-state index in [1.165, 1.54) is 24.4 Å². The van der Waals surface area contributed by atoms with Crippen molar-refractivity contribution in [3.05, 3.63) is 77.2 Å². The van der Waals surface area contributed by atoms with Gasteiger partial charge in [-0.15, -0.1) is 0 Å². The van der Waals surface area contributed by atoms with Crippen LogP contribution in [-0.2, 0) is 17.4 Å². The molecule has 2 aromatic rings. The Morgan fingerprint density at radius 3 is 2.48 bits per heavy atom. The van der Waals surface area contributed by atoms with E-state index in [4.69, 9.17) is 5.26 Å². The zero-order valence-electron chi connectivity index (χ0n) is 14.0. The van der Waals surface area contributed by atoms with Crippen LogP contribution in [-0.4, -0.2) is 12.5 Å². The molecule has 4 nitrogen and oxygen atoms in total. The van der Waals surface area contributed by atoms with Crippen molar-refractivity contribution in [3.63, 3.8) is 0 Å². The molecule has 8 heteroatoms. The van der Waals surface area contributed by atoms with E-state index in [-0.39, 0.29) is 17.1 Å². The van der Waals surface area contributed by atoms with E-state index in [9.17, 15) is 22.4 Å². The Hall–Kier alpha value is -3.34. The van der Waals surface area contributed by atoms with E-state index in [2.05, 4.69) is 10.6 Å². The number of anilines is 1. The Balaban J connectivity index is 1.94. The van der Waals surface area contributed by atoms with Crippen molar-refractivity contribution < 1.29 is 22.4 Å². The van der Waals surface area contributed by atoms with E-state index >= 15 is 0 Å². The van der Waals surface area contributed by atoms with Crippen molar-refractivity contribution in [1.29, 1.82) is 5.26 Å². The molecule has 0 heterocycles. The highest BCUT2D eigenvalue weighted by molar-refractivity contribution is 6.06. The standard InChI is InChI=1S/C19H15F4N3O/c20-16-6-4-13(5-7-16)8-9-25-12-14(11-24)18(27)26-17-3-1-2-15(10-17)19(21,22)23/h1-7,10,12,25H,8-9H2,(H,26,27)/b14-12-. The molecule has 2 aromatic carbocycles. The van der Waals surface area contributed by atoms with Gasteiger partial charge in [0.25, 0.3) is 5.91 Å². The number of nitrogens with one attached hydrogen (secondary N) is 2. The molecule has 0 aliphatic carbocycles. The number of alkyl halides is 3. The van der Waals surface area contributed by atoms with Crippen LogP contribution in [0.4, 0.5) is 23.2 Å². The lowest BCUT2D eigenvalue weighted by molar-refractivity contribution is -0.137. The molecule has 0 radical (unpaired) electrons. The number of amides is 1. The van der Waals surface area contributed by atoms with E-state index in [1.54, 1.807) is 18.2 Å². The highest BCUT2D eigenvalue weighted by Crippen LogP contribution is 2.30. The summed E-state index contributed by atoms with van der Waals surface area (Å²) in [5, 5.41) is 14.1. The molecule has 0 saturated carbocycles. The zero-order chi connectivity index (χ0) is 19.9. The highest BCUT2D eigenvalue weighted by atomic mass is 19.4. The van der Waals surface area contributed by atoms with Crippen LogP contribution >= 0.6 is 0 Å². The second-order valence-electron chi connectivity index (χ2n) is 5.53. The summed E-state index contributed by atoms with van der Waals surface area (Å²) in [6, 6.07) is 11.7. The van der Waals surface area contributed by atoms with Crippen molar-refractivity contribution in [3.8, 4) is 6.07 Å². The van der Waals surface area contributed by atoms with Crippen molar-refractivity contribution in [1.82, 2.24) is 5.32 Å². The molecule has 0 aliphatic rings. The lowest BCUT2D eigenvalue weighted by Gasteiger charge is -2.09. The summed E-state index contributed by atoms with van der Waals surface area (Å²) in [4.78, 5) is 12.0. The van der Waals surface area contributed by atoms with Crippen LogP contribution in [0.25, 0.3) is 0 Å². The Morgan fingerprint density at radius 1 is 1.15 bits per heavy atom. The van der Waals surface area contributed by atoms with Crippen molar-refractivity contribution in [2.45, 2.75) is 12.6 Å². The number of nitrogens with zero attached hydrogens (tertiary/aromatic N) is 1. The summed E-state index contributed by atoms with van der Waals surface area (Å²) in [6.45, 7) is 0.383. The molecule has 0 fully saturated rings. The monoisotopic (exact) mass is 377 g/mol. The van der Waals surface area contributed by atoms with Crippen LogP contribution in [0.2, 0.25) is 0 Å². The summed E-state index contributed by atoms with van der Waals surface area (Å²) >= 11 is 0. The summed E-state index contributed by atoms with van der Waals surface area (Å²) in [7, 11) is 0. The summed E-state index contributed by atoms with van der Waals surface area (Å²) in [5.74, 6) is -1.17. The van der Waals surface area contributed by atoms with Gasteiger partial charge in [-0.2, -0.15) is 18.4 Å². The number of carbonyl (C=O) groups excluding carboxylic acids is 1. The van der Waals surface area contributed by atoms with Gasteiger partial charge in [0.05, 0.1) is 5.56 Å². The van der Waals surface area contributed by atoms with E-state index < -0.39 is 17.6 Å². The molecule has 0 unspecified atom stereocenters. The van der Waals surface area contributed by atoms with Gasteiger partial charge in [0.2, 0.25) is 0 Å². The average molecular weight is 377 g/mol. The third kappa shape index (κ3) is 6.15. The third-order valence-electron chi connectivity index (χ3n) is 3.53. The lowest BCUT2D eigenvalue weighted by Crippen LogP contribution is -2.18. The van der Waals surface area contributed by atoms with Crippen molar-refractivity contribution in [2.24, 2.45) is 0 Å². The van der Waals surface area contributed by atoms with Gasteiger partial charge < -0.3 is 10.6 Å². The van der Waals surface area contributed by atoms with Crippen LogP contribution in [0.1, 0.15) is 11.1 Å². The maximum absolute atomic E-state index is 12.8. The first kappa shape index (κ1) is 20.0. The maximum atomic E-state index is 12.8. The lowest BCUT2D eigenvalue weighted by atomic mass is 10.1. The molecule has 0 aliphatic heterocycles. The molecular weight excluding hydrogens is 362 g/mol. The number of rotatable bonds is 6. The summed E-state index contributed by atoms with van der Waals surface area (Å²) < 4.78 is 50.9. The molecule has 0 atom stereocenters. The van der Waals surface area contributed by atoms with Gasteiger partial charge >= 0.3 is 6.18 Å². The first-order valence-corrected chi connectivity index (χ1v) is 7.86. The maximum Gasteiger partial charge on any atom is 0.416 e. The first-order valence-electron chi connectivity index (χ1n) is 7.86. The Bertz CT molecular complexity index is 868. The predicted octanol–water partition coefficient (Wildman–Crippen LogP) is 4.02. The highest BCUT2D eigenvalue weighted by Gasteiger charge is 2.30. The molecular formula is C19H15F4N3O. The predicted molar refractivity (Wildman–Crippen MR) is 91.9 cm³/mol. The number of hydrogen-bond acceptors (Lipinski definition) is 3. The topological polar surface area (TPSA) is 64.9 Å². The minimum atomic E-state index is -4.53. The number of carbonyl (C=O) groups is 1. The largest absolute Gasteiger partial charge is 0.416 e. The third-order valence-corrected chi connectivity index (χ3v) is 3.53. The average Bonchev–Trinajstić information content (AvgIpc) is 2.62. The molecule has 0 saturated heterocycles. The van der Waals surface area contributed by atoms with Crippen molar-refractivity contribution >= 4 is 11.6 Å². The second kappa shape index (κ2) is 8.85. The fraction of sp³-hybridized carbons (Fsp3) is 0.158. The fourth-order valence-electron chi connectivity index (χ4n) is 2.16. The minimum Gasteiger partial charge on any atom is -0.389 e. The SMILES string of the molecule is N#C/C(=C/NCCc1ccc(F)cc1)C(=O)Nc1cccc(C(F)(F)F)c1. The summed E-state index contributed by atoms with van der Waals surface area (Å²) in [6.07, 6.45) is -2.81. The van der Waals surface area contributed by atoms with Crippen LogP contribution in [0.5, 0.6) is 0 Å². The van der Waals surface area contributed by atoms with Crippen LogP contribution in [0, 0.1) is 17.1 Å². The molecule has 0 spiro atoms. The zero-order valence-corrected chi connectivity index (χ0v) is 14.0. The normalized spacial score (nSPS) is 11.6. The van der Waals surface area contributed by atoms with Gasteiger partial charge in [-0.05, 0) is 42.3 Å². The van der Waals surface area contributed by atoms with E-state index in [0.29, 0.717) is 13.0 Å². The molecule has 2 rings (SSSR count). The Morgan fingerprint density at radius 2 is 1.85 bits per heavy atom. The number of hydrogen-bond donors (Lipinski definition) is 2. The van der Waals surface area contributed by atoms with Gasteiger partial charge in [-0.1, -0.05) is 18.2 Å². The minimum absolute atomic E-state index is 0.0673. The van der Waals surface area contributed by atoms with Gasteiger partial charge in [0.15, 0.2) is 0 Å².